The number of alkyl halides is 3. The van der Waals surface area contributed by atoms with Gasteiger partial charge in [0.2, 0.25) is 0 Å². The van der Waals surface area contributed by atoms with Gasteiger partial charge in [-0.05, 0) is 28.9 Å². The Kier molecular flexibility index (Phi) is 3.44. The third kappa shape index (κ3) is 3.59. The van der Waals surface area contributed by atoms with E-state index < -0.39 is 23.8 Å². The molecule has 0 N–H and O–H groups in total. The van der Waals surface area contributed by atoms with Gasteiger partial charge >= 0.3 is 6.18 Å². The second-order valence-electron chi connectivity index (χ2n) is 2.89. The second kappa shape index (κ2) is 4.23. The number of hydrogen-bond acceptors (Lipinski definition) is 1. The maximum atomic E-state index is 11.9. The average molecular weight is 222 g/mol. The highest BCUT2D eigenvalue weighted by Crippen LogP contribution is 2.21. The van der Waals surface area contributed by atoms with Crippen LogP contribution in [0, 0.1) is 0 Å². The van der Waals surface area contributed by atoms with Crippen LogP contribution < -0.4 is 0 Å². The minimum Gasteiger partial charge on any atom is -0.612 e. The van der Waals surface area contributed by atoms with E-state index in [2.05, 4.69) is 0 Å². The molecular weight excluding hydrogens is 213 g/mol. The molecule has 1 aromatic rings. The summed E-state index contributed by atoms with van der Waals surface area (Å²) in [4.78, 5) is 0.538. The lowest BCUT2D eigenvalue weighted by Gasteiger charge is -2.07. The zero-order chi connectivity index (χ0) is 10.8. The second-order valence-corrected chi connectivity index (χ2v) is 4.27. The van der Waals surface area contributed by atoms with E-state index in [0.29, 0.717) is 4.90 Å². The molecule has 1 unspecified atom stereocenters. The maximum Gasteiger partial charge on any atom is 0.393 e. The summed E-state index contributed by atoms with van der Waals surface area (Å²) in [5.41, 5.74) is 0.187. The van der Waals surface area contributed by atoms with Crippen LogP contribution in [0.3, 0.4) is 0 Å². The van der Waals surface area contributed by atoms with Crippen LogP contribution in [0.5, 0.6) is 0 Å². The Balaban J connectivity index is 2.74. The minimum atomic E-state index is -4.19. The summed E-state index contributed by atoms with van der Waals surface area (Å²) in [6.07, 6.45) is -3.64. The Morgan fingerprint density at radius 2 is 1.71 bits per heavy atom. The van der Waals surface area contributed by atoms with Gasteiger partial charge in [-0.25, -0.2) is 0 Å². The Morgan fingerprint density at radius 1 is 1.21 bits per heavy atom. The first-order valence-electron chi connectivity index (χ1n) is 3.87. The van der Waals surface area contributed by atoms with Gasteiger partial charge in [-0.1, -0.05) is 12.1 Å². The Hall–Kier alpha value is -0.680. The summed E-state index contributed by atoms with van der Waals surface area (Å²) in [6, 6.07) is 5.61. The molecule has 14 heavy (non-hydrogen) atoms. The van der Waals surface area contributed by atoms with E-state index in [1.165, 1.54) is 30.5 Å². The molecule has 0 aliphatic carbocycles. The van der Waals surface area contributed by atoms with Crippen LogP contribution in [0.1, 0.15) is 5.56 Å². The molecule has 0 bridgehead atoms. The molecule has 0 aliphatic heterocycles. The highest BCUT2D eigenvalue weighted by molar-refractivity contribution is 7.90. The molecule has 0 aliphatic rings. The Labute approximate surface area is 83.1 Å². The highest BCUT2D eigenvalue weighted by Gasteiger charge is 2.27. The molecule has 1 aromatic carbocycles. The van der Waals surface area contributed by atoms with Gasteiger partial charge < -0.3 is 4.55 Å². The molecule has 0 saturated carbocycles. The monoisotopic (exact) mass is 222 g/mol. The van der Waals surface area contributed by atoms with E-state index in [9.17, 15) is 17.7 Å². The Morgan fingerprint density at radius 3 is 2.07 bits per heavy atom. The van der Waals surface area contributed by atoms with Crippen molar-refractivity contribution in [1.29, 1.82) is 0 Å². The van der Waals surface area contributed by atoms with Crippen LogP contribution in [0.4, 0.5) is 13.2 Å². The summed E-state index contributed by atoms with van der Waals surface area (Å²) in [6.45, 7) is 0. The van der Waals surface area contributed by atoms with Crippen LogP contribution in [0.25, 0.3) is 0 Å². The molecule has 0 saturated heterocycles. The van der Waals surface area contributed by atoms with Crippen LogP contribution in [-0.2, 0) is 17.6 Å². The molecule has 0 radical (unpaired) electrons. The van der Waals surface area contributed by atoms with Gasteiger partial charge in [0.25, 0.3) is 0 Å². The van der Waals surface area contributed by atoms with Gasteiger partial charge in [-0.3, -0.25) is 0 Å². The van der Waals surface area contributed by atoms with Crippen molar-refractivity contribution >= 4 is 11.2 Å². The van der Waals surface area contributed by atoms with E-state index in [4.69, 9.17) is 0 Å². The number of rotatable bonds is 2. The predicted octanol–water partition coefficient (Wildman–Crippen LogP) is 2.53. The zero-order valence-electron chi connectivity index (χ0n) is 7.47. The summed E-state index contributed by atoms with van der Waals surface area (Å²) in [7, 11) is 0. The zero-order valence-corrected chi connectivity index (χ0v) is 8.28. The fraction of sp³-hybridized carbons (Fsp3) is 0.333. The molecule has 0 amide bonds. The van der Waals surface area contributed by atoms with E-state index in [0.717, 1.165) is 0 Å². The first-order valence-corrected chi connectivity index (χ1v) is 5.43. The van der Waals surface area contributed by atoms with Crippen molar-refractivity contribution in [3.63, 3.8) is 0 Å². The van der Waals surface area contributed by atoms with Crippen LogP contribution in [0.2, 0.25) is 0 Å². The first kappa shape index (κ1) is 11.4. The lowest BCUT2D eigenvalue weighted by atomic mass is 10.1. The molecule has 0 heterocycles. The molecule has 0 aromatic heterocycles. The van der Waals surface area contributed by atoms with Crippen molar-refractivity contribution in [3.05, 3.63) is 29.8 Å². The van der Waals surface area contributed by atoms with Gasteiger partial charge in [0.15, 0.2) is 4.90 Å². The topological polar surface area (TPSA) is 23.1 Å². The number of halogens is 3. The quantitative estimate of drug-likeness (QED) is 0.705. The van der Waals surface area contributed by atoms with Crippen molar-refractivity contribution in [2.45, 2.75) is 17.5 Å². The highest BCUT2D eigenvalue weighted by atomic mass is 32.2. The van der Waals surface area contributed by atoms with Crippen LogP contribution in [-0.4, -0.2) is 17.0 Å². The van der Waals surface area contributed by atoms with Crippen molar-refractivity contribution < 1.29 is 17.7 Å². The van der Waals surface area contributed by atoms with Crippen LogP contribution >= 0.6 is 0 Å². The predicted molar refractivity (Wildman–Crippen MR) is 48.5 cm³/mol. The smallest absolute Gasteiger partial charge is 0.393 e. The molecular formula is C9H9F3OS. The van der Waals surface area contributed by atoms with E-state index in [1.54, 1.807) is 0 Å². The lowest BCUT2D eigenvalue weighted by molar-refractivity contribution is -0.127. The molecule has 5 heteroatoms. The van der Waals surface area contributed by atoms with E-state index in [-0.39, 0.29) is 5.56 Å². The van der Waals surface area contributed by atoms with Crippen molar-refractivity contribution in [3.8, 4) is 0 Å². The van der Waals surface area contributed by atoms with Crippen molar-refractivity contribution in [2.75, 3.05) is 6.26 Å². The minimum absolute atomic E-state index is 0.187. The first-order chi connectivity index (χ1) is 6.38. The maximum absolute atomic E-state index is 11.9. The van der Waals surface area contributed by atoms with E-state index >= 15 is 0 Å². The van der Waals surface area contributed by atoms with Gasteiger partial charge in [0.1, 0.15) is 6.26 Å². The summed E-state index contributed by atoms with van der Waals surface area (Å²) >= 11 is -1.14. The van der Waals surface area contributed by atoms with Gasteiger partial charge in [0.05, 0.1) is 6.42 Å². The number of benzene rings is 1. The van der Waals surface area contributed by atoms with Gasteiger partial charge in [-0.15, -0.1) is 0 Å². The molecule has 0 spiro atoms. The fourth-order valence-electron chi connectivity index (χ4n) is 1.03. The summed E-state index contributed by atoms with van der Waals surface area (Å²) < 4.78 is 46.8. The molecule has 1 nitrogen and oxygen atoms in total. The van der Waals surface area contributed by atoms with Gasteiger partial charge in [0, 0.05) is 0 Å². The molecule has 1 rings (SSSR count). The average Bonchev–Trinajstić information content (AvgIpc) is 2.02. The standard InChI is InChI=1S/C9H9F3OS/c1-14(13)8-4-2-7(3-5-8)6-9(10,11)12/h2-5H,6H2,1H3. The fourth-order valence-corrected chi connectivity index (χ4v) is 1.55. The number of hydrogen-bond donors (Lipinski definition) is 0. The summed E-state index contributed by atoms with van der Waals surface area (Å²) in [5.74, 6) is 0. The molecule has 1 atom stereocenters. The molecule has 0 fully saturated rings. The largest absolute Gasteiger partial charge is 0.612 e. The summed E-state index contributed by atoms with van der Waals surface area (Å²) in [5, 5.41) is 0. The Bertz CT molecular complexity index is 292. The van der Waals surface area contributed by atoms with E-state index in [1.807, 2.05) is 0 Å². The van der Waals surface area contributed by atoms with Crippen molar-refractivity contribution in [1.82, 2.24) is 0 Å². The SMILES string of the molecule is C[S+]([O-])c1ccc(CC(F)(F)F)cc1. The van der Waals surface area contributed by atoms with Gasteiger partial charge in [-0.2, -0.15) is 13.2 Å². The third-order valence-corrected chi connectivity index (χ3v) is 2.60. The van der Waals surface area contributed by atoms with Crippen molar-refractivity contribution in [2.24, 2.45) is 0 Å². The third-order valence-electron chi connectivity index (χ3n) is 1.66. The lowest BCUT2D eigenvalue weighted by Crippen LogP contribution is -2.11. The van der Waals surface area contributed by atoms with Crippen LogP contribution in [0.15, 0.2) is 29.2 Å². The molecule has 78 valence electrons. The normalized spacial score (nSPS) is 14.1.